The van der Waals surface area contributed by atoms with Gasteiger partial charge < -0.3 is 39.5 Å². The van der Waals surface area contributed by atoms with Crippen LogP contribution in [0, 0.1) is 0 Å². The quantitative estimate of drug-likeness (QED) is 0.0813. The number of tetrazole rings is 3. The molecule has 8 heterocycles. The summed E-state index contributed by atoms with van der Waals surface area (Å²) in [6.07, 6.45) is 8.31. The van der Waals surface area contributed by atoms with Crippen molar-refractivity contribution in [2.75, 3.05) is 35.8 Å². The van der Waals surface area contributed by atoms with E-state index in [-0.39, 0.29) is 32.2 Å². The molecule has 414 valence electrons. The summed E-state index contributed by atoms with van der Waals surface area (Å²) >= 11 is 0. The third kappa shape index (κ3) is 11.4. The SMILES string of the molecule is CCOC(=O)C1=C(C)Nc2nnnn2C1c1cccc(Oc2ccccc2)c1.CCOC(=O)C1=C(C)Nc2nnnn2C1c1ccccc1-n1ccnc1.CCOC(=O)C1=C(C)Nc2nnnn2C1c1ccccc1-n1cncn1.Cl. The van der Waals surface area contributed by atoms with Crippen molar-refractivity contribution in [2.24, 2.45) is 0 Å². The first kappa shape index (κ1) is 55.3. The Morgan fingerprint density at radius 1 is 0.531 bits per heavy atom. The minimum Gasteiger partial charge on any atom is -0.463 e. The first-order chi connectivity index (χ1) is 39.1. The summed E-state index contributed by atoms with van der Waals surface area (Å²) in [6.45, 7) is 11.6. The Kier molecular flexibility index (Phi) is 17.0. The summed E-state index contributed by atoms with van der Waals surface area (Å²) in [6, 6.07) is 30.8. The molecule has 0 aliphatic carbocycles. The Hall–Kier alpha value is -10.4. The van der Waals surface area contributed by atoms with Crippen LogP contribution in [0.5, 0.6) is 11.5 Å². The van der Waals surface area contributed by atoms with Crippen molar-refractivity contribution in [1.29, 1.82) is 0 Å². The van der Waals surface area contributed by atoms with Crippen molar-refractivity contribution in [3.63, 3.8) is 0 Å². The summed E-state index contributed by atoms with van der Waals surface area (Å²) < 4.78 is 30.0. The van der Waals surface area contributed by atoms with Gasteiger partial charge >= 0.3 is 17.9 Å². The van der Waals surface area contributed by atoms with Crippen molar-refractivity contribution in [1.82, 2.24) is 84.9 Å². The maximum atomic E-state index is 12.7. The highest BCUT2D eigenvalue weighted by Crippen LogP contribution is 2.40. The molecule has 0 saturated heterocycles. The van der Waals surface area contributed by atoms with Crippen LogP contribution in [0.3, 0.4) is 0 Å². The van der Waals surface area contributed by atoms with E-state index in [4.69, 9.17) is 18.9 Å². The van der Waals surface area contributed by atoms with Crippen LogP contribution in [-0.4, -0.2) is 123 Å². The van der Waals surface area contributed by atoms with Crippen molar-refractivity contribution in [2.45, 2.75) is 59.7 Å². The number of allylic oxidation sites excluding steroid dienone is 3. The monoisotopic (exact) mass is 1120 g/mol. The van der Waals surface area contributed by atoms with Crippen molar-refractivity contribution >= 4 is 48.2 Å². The van der Waals surface area contributed by atoms with Gasteiger partial charge in [-0.2, -0.15) is 19.1 Å². The van der Waals surface area contributed by atoms with Gasteiger partial charge in [-0.05, 0) is 115 Å². The number of rotatable bonds is 13. The summed E-state index contributed by atoms with van der Waals surface area (Å²) in [5.41, 5.74) is 7.46. The molecule has 28 heteroatoms. The number of carbonyl (C=O) groups is 3. The van der Waals surface area contributed by atoms with Crippen LogP contribution in [0.1, 0.15) is 76.4 Å². The van der Waals surface area contributed by atoms with E-state index >= 15 is 0 Å². The lowest BCUT2D eigenvalue weighted by Crippen LogP contribution is -2.30. The van der Waals surface area contributed by atoms with Gasteiger partial charge in [-0.3, -0.25) is 0 Å². The number of fused-ring (bicyclic) bond motifs is 3. The lowest BCUT2D eigenvalue weighted by molar-refractivity contribution is -0.140. The van der Waals surface area contributed by atoms with Gasteiger partial charge in [0.25, 0.3) is 0 Å². The van der Waals surface area contributed by atoms with Gasteiger partial charge in [0.1, 0.15) is 42.3 Å². The lowest BCUT2D eigenvalue weighted by atomic mass is 9.94. The normalized spacial score (nSPS) is 15.8. The van der Waals surface area contributed by atoms with Crippen LogP contribution in [0.4, 0.5) is 17.8 Å². The molecule has 81 heavy (non-hydrogen) atoms. The van der Waals surface area contributed by atoms with Crippen LogP contribution in [0.25, 0.3) is 11.4 Å². The number of aromatic nitrogens is 17. The zero-order chi connectivity index (χ0) is 55.7. The van der Waals surface area contributed by atoms with E-state index in [0.717, 1.165) is 33.8 Å². The highest BCUT2D eigenvalue weighted by atomic mass is 35.5. The molecular weight excluding hydrogens is 1060 g/mol. The second-order valence-electron chi connectivity index (χ2n) is 17.6. The second kappa shape index (κ2) is 24.9. The first-order valence-electron chi connectivity index (χ1n) is 25.2. The molecule has 3 aliphatic rings. The number of halogens is 1. The summed E-state index contributed by atoms with van der Waals surface area (Å²) in [5, 5.41) is 48.8. The molecule has 0 bridgehead atoms. The number of nitrogens with one attached hydrogen (secondary N) is 3. The molecule has 3 aliphatic heterocycles. The minimum absolute atomic E-state index is 0. The molecule has 27 nitrogen and oxygen atoms in total. The fraction of sp³-hybridized carbons (Fsp3) is 0.226. The maximum absolute atomic E-state index is 12.7. The molecule has 12 rings (SSSR count). The first-order valence-corrected chi connectivity index (χ1v) is 25.2. The second-order valence-corrected chi connectivity index (χ2v) is 17.6. The van der Waals surface area contributed by atoms with E-state index < -0.39 is 36.0 Å². The number of ether oxygens (including phenoxy) is 4. The average Bonchev–Trinajstić information content (AvgIpc) is 4.43. The summed E-state index contributed by atoms with van der Waals surface area (Å²) in [4.78, 5) is 46.2. The number of carbonyl (C=O) groups excluding carboxylic acids is 3. The molecule has 9 aromatic rings. The van der Waals surface area contributed by atoms with Crippen molar-refractivity contribution in [3.8, 4) is 22.9 Å². The Bertz CT molecular complexity index is 3600. The number of benzene rings is 4. The van der Waals surface area contributed by atoms with Crippen LogP contribution in [-0.2, 0) is 28.6 Å². The Morgan fingerprint density at radius 3 is 1.49 bits per heavy atom. The van der Waals surface area contributed by atoms with Gasteiger partial charge in [0, 0.05) is 40.6 Å². The van der Waals surface area contributed by atoms with E-state index in [1.165, 1.54) is 6.33 Å². The third-order valence-electron chi connectivity index (χ3n) is 12.7. The third-order valence-corrected chi connectivity index (χ3v) is 12.7. The molecule has 0 fully saturated rings. The molecule has 3 N–H and O–H groups in total. The highest BCUT2D eigenvalue weighted by molar-refractivity contribution is 5.94. The number of imidazole rings is 1. The Balaban J connectivity index is 0.000000146. The van der Waals surface area contributed by atoms with E-state index in [9.17, 15) is 14.4 Å². The Labute approximate surface area is 468 Å². The summed E-state index contributed by atoms with van der Waals surface area (Å²) in [7, 11) is 0. The topological polar surface area (TPSA) is 304 Å². The maximum Gasteiger partial charge on any atom is 0.338 e. The largest absolute Gasteiger partial charge is 0.463 e. The molecule has 3 unspecified atom stereocenters. The predicted octanol–water partition coefficient (Wildman–Crippen LogP) is 6.56. The zero-order valence-corrected chi connectivity index (χ0v) is 45.2. The fourth-order valence-electron chi connectivity index (χ4n) is 9.33. The van der Waals surface area contributed by atoms with Gasteiger partial charge in [0.2, 0.25) is 17.8 Å². The number of para-hydroxylation sites is 3. The van der Waals surface area contributed by atoms with E-state index in [2.05, 4.69) is 77.6 Å². The number of anilines is 3. The molecular formula is C53H53ClN20O7. The van der Waals surface area contributed by atoms with Crippen LogP contribution < -0.4 is 20.7 Å². The average molecular weight is 1120 g/mol. The standard InChI is InChI=1S/C20H19N5O3.C17H17N7O2.C16H16N8O2.ClH/c1-3-27-19(26)17-13(2)21-20-22-23-24-25(20)18(17)14-8-7-11-16(12-14)28-15-9-5-4-6-10-15;1-3-26-16(25)14-11(2)19-17-20-21-22-24(17)15(14)12-6-4-5-7-13(12)23-9-8-18-10-23;1-3-26-15(25)13-10(2)19-16-20-21-22-24(16)14(13)11-6-4-5-7-12(11)23-9-17-8-18-23;/h4-12,18H,3H2,1-2H3,(H,21,22,24);4-10,15H,3H2,1-2H3,(H,19,20,22);4-9,14H,3H2,1-2H3,(H,19,20,22);1H. The number of hydrogen-bond donors (Lipinski definition) is 3. The van der Waals surface area contributed by atoms with E-state index in [1.807, 2.05) is 128 Å². The smallest absolute Gasteiger partial charge is 0.338 e. The molecule has 0 amide bonds. The molecule has 0 radical (unpaired) electrons. The predicted molar refractivity (Wildman–Crippen MR) is 292 cm³/mol. The lowest BCUT2D eigenvalue weighted by Gasteiger charge is -2.28. The molecule has 0 saturated carbocycles. The van der Waals surface area contributed by atoms with Gasteiger partial charge in [-0.15, -0.1) is 12.4 Å². The van der Waals surface area contributed by atoms with Crippen LogP contribution in [0.2, 0.25) is 0 Å². The zero-order valence-electron chi connectivity index (χ0n) is 44.4. The number of esters is 3. The van der Waals surface area contributed by atoms with E-state index in [0.29, 0.717) is 57.4 Å². The van der Waals surface area contributed by atoms with Crippen molar-refractivity contribution < 1.29 is 33.3 Å². The fourth-order valence-corrected chi connectivity index (χ4v) is 9.33. The molecule has 5 aromatic heterocycles. The van der Waals surface area contributed by atoms with Crippen LogP contribution in [0.15, 0.2) is 168 Å². The van der Waals surface area contributed by atoms with E-state index in [1.54, 1.807) is 65.3 Å². The molecule has 0 spiro atoms. The molecule has 3 atom stereocenters. The molecule has 4 aromatic carbocycles. The minimum atomic E-state index is -0.555. The number of nitrogens with zero attached hydrogens (tertiary/aromatic N) is 17. The van der Waals surface area contributed by atoms with Gasteiger partial charge in [0.05, 0.1) is 54.2 Å². The number of hydrogen-bond acceptors (Lipinski definition) is 22. The van der Waals surface area contributed by atoms with Gasteiger partial charge in [0.15, 0.2) is 0 Å². The van der Waals surface area contributed by atoms with Gasteiger partial charge in [-0.25, -0.2) is 29.0 Å². The summed E-state index contributed by atoms with van der Waals surface area (Å²) in [5.74, 6) is 1.54. The van der Waals surface area contributed by atoms with Gasteiger partial charge in [-0.1, -0.05) is 82.0 Å². The highest BCUT2D eigenvalue weighted by Gasteiger charge is 2.39. The van der Waals surface area contributed by atoms with Crippen LogP contribution >= 0.6 is 12.4 Å². The Morgan fingerprint density at radius 2 is 1.00 bits per heavy atom. The van der Waals surface area contributed by atoms with Crippen molar-refractivity contribution in [3.05, 3.63) is 185 Å².